The van der Waals surface area contributed by atoms with Crippen LogP contribution in [0.3, 0.4) is 0 Å². The number of hydrogen-bond donors (Lipinski definition) is 0. The maximum atomic E-state index is 16.1. The van der Waals surface area contributed by atoms with E-state index in [0.717, 1.165) is 12.1 Å². The molecule has 0 saturated heterocycles. The molecule has 0 amide bonds. The number of fused-ring (bicyclic) bond motifs is 3. The topological polar surface area (TPSA) is 18.5 Å². The standard InChI is InChI=1S/C36H7BF18O2/c38-11-5-1-3-8-7-10-15(20(40)13(8)11)22(42)28(48)26(46)18(10)37(56-12-6-2-4-9-14(12)21(41)29(49)27(47)19(9)39)57-36-17(25(45)32(52)34(54)35(36)55)16-23(43)30(50)33(53)31(51)24(16)44/h1-7H. The summed E-state index contributed by atoms with van der Waals surface area (Å²) >= 11 is 0. The minimum Gasteiger partial charge on any atom is -0.521 e. The molecule has 2 nitrogen and oxygen atoms in total. The van der Waals surface area contributed by atoms with Crippen LogP contribution in [-0.4, -0.2) is 7.12 Å². The molecule has 7 aromatic rings. The molecule has 0 atom stereocenters. The molecule has 57 heavy (non-hydrogen) atoms. The summed E-state index contributed by atoms with van der Waals surface area (Å²) < 4.78 is 280. The first kappa shape index (κ1) is 39.0. The van der Waals surface area contributed by atoms with Gasteiger partial charge in [0.15, 0.2) is 81.4 Å². The summed E-state index contributed by atoms with van der Waals surface area (Å²) in [6, 6.07) is 4.56. The highest BCUT2D eigenvalue weighted by molar-refractivity contribution is 6.66. The van der Waals surface area contributed by atoms with Gasteiger partial charge in [0.1, 0.15) is 17.4 Å². The summed E-state index contributed by atoms with van der Waals surface area (Å²) in [5.74, 6) is -51.5. The van der Waals surface area contributed by atoms with Crippen molar-refractivity contribution in [1.82, 2.24) is 0 Å². The van der Waals surface area contributed by atoms with Crippen molar-refractivity contribution in [2.75, 3.05) is 0 Å². The molecule has 0 unspecified atom stereocenters. The number of rotatable bonds is 6. The highest BCUT2D eigenvalue weighted by Crippen LogP contribution is 2.44. The summed E-state index contributed by atoms with van der Waals surface area (Å²) in [7, 11) is -3.51. The van der Waals surface area contributed by atoms with E-state index in [9.17, 15) is 39.5 Å². The van der Waals surface area contributed by atoms with E-state index in [4.69, 9.17) is 9.31 Å². The number of halogens is 18. The van der Waals surface area contributed by atoms with Crippen molar-refractivity contribution in [2.24, 2.45) is 0 Å². The Labute approximate surface area is 303 Å². The van der Waals surface area contributed by atoms with E-state index in [2.05, 4.69) is 0 Å². The molecule has 0 aliphatic heterocycles. The van der Waals surface area contributed by atoms with Gasteiger partial charge < -0.3 is 9.31 Å². The van der Waals surface area contributed by atoms with Crippen LogP contribution in [0.4, 0.5) is 79.0 Å². The second kappa shape index (κ2) is 13.7. The normalized spacial score (nSPS) is 11.7. The van der Waals surface area contributed by atoms with Gasteiger partial charge in [-0.25, -0.2) is 74.6 Å². The molecule has 21 heteroatoms. The minimum atomic E-state index is -3.51. The Hall–Kier alpha value is -6.28. The van der Waals surface area contributed by atoms with Gasteiger partial charge in [0.2, 0.25) is 17.5 Å². The van der Waals surface area contributed by atoms with Gasteiger partial charge in [0.25, 0.3) is 0 Å². The fraction of sp³-hybridized carbons (Fsp3) is 0. The van der Waals surface area contributed by atoms with E-state index in [1.165, 1.54) is 0 Å². The van der Waals surface area contributed by atoms with Gasteiger partial charge in [0, 0.05) is 5.39 Å². The lowest BCUT2D eigenvalue weighted by Gasteiger charge is -2.23. The molecule has 0 aliphatic carbocycles. The van der Waals surface area contributed by atoms with Crippen LogP contribution in [-0.2, 0) is 0 Å². The van der Waals surface area contributed by atoms with Crippen molar-refractivity contribution in [3.8, 4) is 22.6 Å². The highest BCUT2D eigenvalue weighted by Gasteiger charge is 2.42. The number of benzene rings is 7. The molecule has 0 heterocycles. The Bertz CT molecular complexity index is 2890. The SMILES string of the molecule is Fc1c(F)c(F)c(-c2c(F)c(F)c(F)c(F)c2OB(Oc2cccc3c(F)c(F)c(F)c(F)c23)c2c(F)c(F)c(F)c3c(F)c4c(F)cccc4cc23)c(F)c1F. The van der Waals surface area contributed by atoms with Gasteiger partial charge >= 0.3 is 7.12 Å². The van der Waals surface area contributed by atoms with Gasteiger partial charge in [0.05, 0.1) is 32.7 Å². The van der Waals surface area contributed by atoms with E-state index >= 15 is 39.5 Å². The fourth-order valence-corrected chi connectivity index (χ4v) is 6.06. The van der Waals surface area contributed by atoms with Crippen LogP contribution in [0.15, 0.2) is 42.5 Å². The van der Waals surface area contributed by atoms with Crippen LogP contribution in [0.5, 0.6) is 11.5 Å². The van der Waals surface area contributed by atoms with Crippen LogP contribution in [0.2, 0.25) is 0 Å². The van der Waals surface area contributed by atoms with Crippen molar-refractivity contribution < 1.29 is 88.3 Å². The van der Waals surface area contributed by atoms with E-state index in [0.29, 0.717) is 30.3 Å². The molecule has 0 fully saturated rings. The fourth-order valence-electron chi connectivity index (χ4n) is 6.06. The summed E-state index contributed by atoms with van der Waals surface area (Å²) in [6.07, 6.45) is 0. The zero-order chi connectivity index (χ0) is 41.7. The van der Waals surface area contributed by atoms with Crippen molar-refractivity contribution in [2.45, 2.75) is 0 Å². The smallest absolute Gasteiger partial charge is 0.521 e. The quantitative estimate of drug-likeness (QED) is 0.0547. The van der Waals surface area contributed by atoms with Gasteiger partial charge in [-0.05, 0) is 29.0 Å². The van der Waals surface area contributed by atoms with Crippen LogP contribution in [0, 0.1) is 105 Å². The molecule has 0 aliphatic rings. The lowest BCUT2D eigenvalue weighted by Crippen LogP contribution is -2.46. The van der Waals surface area contributed by atoms with Gasteiger partial charge in [-0.15, -0.1) is 0 Å². The van der Waals surface area contributed by atoms with Crippen LogP contribution in [0.25, 0.3) is 43.4 Å². The highest BCUT2D eigenvalue weighted by atomic mass is 19.2. The van der Waals surface area contributed by atoms with Crippen molar-refractivity contribution in [3.63, 3.8) is 0 Å². The monoisotopic (exact) mass is 824 g/mol. The van der Waals surface area contributed by atoms with Crippen LogP contribution in [0.1, 0.15) is 0 Å². The molecule has 0 radical (unpaired) electrons. The third-order valence-corrected chi connectivity index (χ3v) is 8.62. The minimum absolute atomic E-state index is 0.461. The average molecular weight is 824 g/mol. The second-order valence-corrected chi connectivity index (χ2v) is 11.7. The second-order valence-electron chi connectivity index (χ2n) is 11.7. The first-order valence-corrected chi connectivity index (χ1v) is 15.1. The summed E-state index contributed by atoms with van der Waals surface area (Å²) in [4.78, 5) is 0. The van der Waals surface area contributed by atoms with Gasteiger partial charge in [-0.1, -0.05) is 24.3 Å². The predicted octanol–water partition coefficient (Wildman–Crippen LogP) is 11.2. The zero-order valence-electron chi connectivity index (χ0n) is 26.7. The van der Waals surface area contributed by atoms with Crippen LogP contribution >= 0.6 is 0 Å². The van der Waals surface area contributed by atoms with Crippen LogP contribution < -0.4 is 14.8 Å². The van der Waals surface area contributed by atoms with Gasteiger partial charge in [-0.2, -0.15) is 4.39 Å². The lowest BCUT2D eigenvalue weighted by molar-refractivity contribution is 0.366. The molecule has 0 N–H and O–H groups in total. The largest absolute Gasteiger partial charge is 0.636 e. The van der Waals surface area contributed by atoms with E-state index in [1.807, 2.05) is 0 Å². The maximum Gasteiger partial charge on any atom is 0.636 e. The van der Waals surface area contributed by atoms with E-state index < -0.39 is 172 Å². The zero-order valence-corrected chi connectivity index (χ0v) is 26.7. The summed E-state index contributed by atoms with van der Waals surface area (Å²) in [6.45, 7) is 0. The first-order valence-electron chi connectivity index (χ1n) is 15.1. The number of hydrogen-bond acceptors (Lipinski definition) is 2. The third-order valence-electron chi connectivity index (χ3n) is 8.62. The average Bonchev–Trinajstić information content (AvgIpc) is 3.18. The molecule has 0 aromatic heterocycles. The Kier molecular flexibility index (Phi) is 9.39. The molecule has 0 bridgehead atoms. The molecule has 0 saturated carbocycles. The third kappa shape index (κ3) is 5.64. The molecule has 7 aromatic carbocycles. The van der Waals surface area contributed by atoms with Gasteiger partial charge in [-0.3, -0.25) is 0 Å². The van der Waals surface area contributed by atoms with Crippen molar-refractivity contribution in [1.29, 1.82) is 0 Å². The molecular formula is C36H7BF18O2. The Morgan fingerprint density at radius 1 is 0.351 bits per heavy atom. The maximum absolute atomic E-state index is 16.1. The van der Waals surface area contributed by atoms with Crippen molar-refractivity contribution >= 4 is 44.9 Å². The predicted molar refractivity (Wildman–Crippen MR) is 163 cm³/mol. The molecule has 0 spiro atoms. The van der Waals surface area contributed by atoms with E-state index in [1.54, 1.807) is 0 Å². The van der Waals surface area contributed by atoms with E-state index in [-0.39, 0.29) is 0 Å². The molecule has 292 valence electrons. The van der Waals surface area contributed by atoms with Crippen molar-refractivity contribution in [3.05, 3.63) is 147 Å². The Balaban J connectivity index is 1.63. The first-order chi connectivity index (χ1) is 26.8. The Morgan fingerprint density at radius 3 is 1.47 bits per heavy atom. The summed E-state index contributed by atoms with van der Waals surface area (Å²) in [5.41, 5.74) is -6.99. The molecular weight excluding hydrogens is 817 g/mol. The molecule has 7 rings (SSSR count). The summed E-state index contributed by atoms with van der Waals surface area (Å²) in [5, 5.41) is -7.49. The Morgan fingerprint density at radius 2 is 0.842 bits per heavy atom. The lowest BCUT2D eigenvalue weighted by atomic mass is 9.74.